The van der Waals surface area contributed by atoms with Gasteiger partial charge in [0.25, 0.3) is 0 Å². The molecule has 1 aliphatic rings. The van der Waals surface area contributed by atoms with E-state index >= 15 is 0 Å². The number of likely N-dealkylation sites (tertiary alicyclic amines) is 1. The molecule has 7 heteroatoms. The number of aromatic nitrogens is 2. The molecule has 0 bridgehead atoms. The summed E-state index contributed by atoms with van der Waals surface area (Å²) >= 11 is 0. The zero-order valence-corrected chi connectivity index (χ0v) is 14.8. The predicted molar refractivity (Wildman–Crippen MR) is 93.7 cm³/mol. The Morgan fingerprint density at radius 3 is 2.72 bits per heavy atom. The lowest BCUT2D eigenvalue weighted by molar-refractivity contribution is -0.128. The summed E-state index contributed by atoms with van der Waals surface area (Å²) in [4.78, 5) is 14.5. The average molecular weight is 344 g/mol. The molecule has 0 spiro atoms. The number of carbonyl (C=O) groups excluding carboxylic acids is 1. The van der Waals surface area contributed by atoms with E-state index in [1.54, 1.807) is 20.4 Å². The highest BCUT2D eigenvalue weighted by Gasteiger charge is 2.34. The smallest absolute Gasteiger partial charge is 0.237 e. The molecule has 3 rings (SSSR count). The zero-order chi connectivity index (χ0) is 17.8. The van der Waals surface area contributed by atoms with Crippen LogP contribution in [-0.4, -0.2) is 53.9 Å². The molecule has 1 aromatic heterocycles. The van der Waals surface area contributed by atoms with Gasteiger partial charge in [-0.05, 0) is 30.7 Å². The lowest BCUT2D eigenvalue weighted by atomic mass is 10.1. The van der Waals surface area contributed by atoms with Crippen molar-refractivity contribution in [1.29, 1.82) is 0 Å². The third kappa shape index (κ3) is 3.76. The first-order valence-corrected chi connectivity index (χ1v) is 8.34. The van der Waals surface area contributed by atoms with Gasteiger partial charge < -0.3 is 14.8 Å². The summed E-state index contributed by atoms with van der Waals surface area (Å²) in [5.74, 6) is 1.36. The van der Waals surface area contributed by atoms with E-state index in [2.05, 4.69) is 15.3 Å². The van der Waals surface area contributed by atoms with Gasteiger partial charge in [0, 0.05) is 32.0 Å². The third-order valence-electron chi connectivity index (χ3n) is 4.63. The zero-order valence-electron chi connectivity index (χ0n) is 14.8. The maximum atomic E-state index is 12.4. The first-order chi connectivity index (χ1) is 12.1. The van der Waals surface area contributed by atoms with Gasteiger partial charge in [-0.15, -0.1) is 0 Å². The van der Waals surface area contributed by atoms with Crippen molar-refractivity contribution in [2.45, 2.75) is 25.6 Å². The molecule has 1 amide bonds. The summed E-state index contributed by atoms with van der Waals surface area (Å²) in [5, 5.41) is 7.24. The van der Waals surface area contributed by atoms with Gasteiger partial charge in [0.15, 0.2) is 11.5 Å². The molecule has 25 heavy (non-hydrogen) atoms. The van der Waals surface area contributed by atoms with Crippen molar-refractivity contribution in [3.63, 3.8) is 0 Å². The highest BCUT2D eigenvalue weighted by Crippen LogP contribution is 2.27. The monoisotopic (exact) mass is 344 g/mol. The predicted octanol–water partition coefficient (Wildman–Crippen LogP) is 1.46. The molecule has 0 unspecified atom stereocenters. The van der Waals surface area contributed by atoms with Crippen LogP contribution in [-0.2, 0) is 11.3 Å². The molecule has 1 fully saturated rings. The second-order valence-electron chi connectivity index (χ2n) is 6.18. The molecule has 0 radical (unpaired) electrons. The van der Waals surface area contributed by atoms with Crippen LogP contribution in [0.4, 0.5) is 0 Å². The third-order valence-corrected chi connectivity index (χ3v) is 4.63. The van der Waals surface area contributed by atoms with E-state index in [4.69, 9.17) is 9.47 Å². The summed E-state index contributed by atoms with van der Waals surface area (Å²) in [5.41, 5.74) is 0.969. The Labute approximate surface area is 147 Å². The maximum Gasteiger partial charge on any atom is 0.237 e. The van der Waals surface area contributed by atoms with Gasteiger partial charge in [0.2, 0.25) is 5.91 Å². The van der Waals surface area contributed by atoms with Gasteiger partial charge in [0.1, 0.15) is 0 Å². The van der Waals surface area contributed by atoms with Crippen molar-refractivity contribution < 1.29 is 14.3 Å². The fourth-order valence-electron chi connectivity index (χ4n) is 2.96. The quantitative estimate of drug-likeness (QED) is 0.824. The Bertz CT molecular complexity index is 711. The van der Waals surface area contributed by atoms with Crippen molar-refractivity contribution in [2.75, 3.05) is 27.3 Å². The normalized spacial score (nSPS) is 16.1. The number of ether oxygens (including phenoxy) is 2. The number of hydrogen-bond acceptors (Lipinski definition) is 5. The highest BCUT2D eigenvalue weighted by molar-refractivity contribution is 5.81. The van der Waals surface area contributed by atoms with Crippen LogP contribution in [0.15, 0.2) is 36.7 Å². The first-order valence-electron chi connectivity index (χ1n) is 8.34. The van der Waals surface area contributed by atoms with E-state index in [9.17, 15) is 4.79 Å². The van der Waals surface area contributed by atoms with Crippen LogP contribution in [0.25, 0.3) is 0 Å². The fraction of sp³-hybridized carbons (Fsp3) is 0.444. The molecule has 0 aliphatic carbocycles. The number of benzene rings is 1. The molecule has 7 nitrogen and oxygen atoms in total. The van der Waals surface area contributed by atoms with Gasteiger partial charge >= 0.3 is 0 Å². The molecule has 2 aromatic rings. The van der Waals surface area contributed by atoms with Gasteiger partial charge in [-0.3, -0.25) is 14.4 Å². The number of amides is 1. The van der Waals surface area contributed by atoms with Crippen molar-refractivity contribution in [2.24, 2.45) is 0 Å². The van der Waals surface area contributed by atoms with Crippen LogP contribution in [0.2, 0.25) is 0 Å². The van der Waals surface area contributed by atoms with Gasteiger partial charge in [0.05, 0.1) is 26.3 Å². The topological polar surface area (TPSA) is 68.6 Å². The van der Waals surface area contributed by atoms with E-state index in [1.807, 2.05) is 42.1 Å². The Balaban J connectivity index is 1.49. The summed E-state index contributed by atoms with van der Waals surface area (Å²) in [6.45, 7) is 4.07. The van der Waals surface area contributed by atoms with Crippen LogP contribution in [0, 0.1) is 0 Å². The van der Waals surface area contributed by atoms with Crippen LogP contribution >= 0.6 is 0 Å². The molecule has 1 aromatic carbocycles. The lowest BCUT2D eigenvalue weighted by Gasteiger charge is -2.42. The minimum Gasteiger partial charge on any atom is -0.493 e. The fourth-order valence-corrected chi connectivity index (χ4v) is 2.96. The van der Waals surface area contributed by atoms with Crippen molar-refractivity contribution in [3.8, 4) is 11.5 Å². The number of nitrogens with one attached hydrogen (secondary N) is 1. The molecule has 1 N–H and O–H groups in total. The SMILES string of the molecule is COc1ccc(CNC(=O)[C@@H](C)N2CC(n3cccn3)C2)cc1OC. The largest absolute Gasteiger partial charge is 0.493 e. The van der Waals surface area contributed by atoms with E-state index in [0.29, 0.717) is 24.1 Å². The molecule has 1 saturated heterocycles. The van der Waals surface area contributed by atoms with Crippen molar-refractivity contribution in [1.82, 2.24) is 20.0 Å². The van der Waals surface area contributed by atoms with E-state index < -0.39 is 0 Å². The summed E-state index contributed by atoms with van der Waals surface area (Å²) in [6.07, 6.45) is 3.74. The van der Waals surface area contributed by atoms with Crippen LogP contribution in [0.5, 0.6) is 11.5 Å². The summed E-state index contributed by atoms with van der Waals surface area (Å²) in [6, 6.07) is 7.75. The second kappa shape index (κ2) is 7.57. The number of hydrogen-bond donors (Lipinski definition) is 1. The Morgan fingerprint density at radius 2 is 2.08 bits per heavy atom. The van der Waals surface area contributed by atoms with Crippen molar-refractivity contribution >= 4 is 5.91 Å². The number of rotatable bonds is 7. The minimum absolute atomic E-state index is 0.0219. The lowest BCUT2D eigenvalue weighted by Crippen LogP contribution is -2.56. The molecule has 1 atom stereocenters. The number of carbonyl (C=O) groups is 1. The van der Waals surface area contributed by atoms with E-state index in [1.165, 1.54) is 0 Å². The average Bonchev–Trinajstić information content (AvgIpc) is 3.12. The van der Waals surface area contributed by atoms with Crippen LogP contribution in [0.1, 0.15) is 18.5 Å². The Morgan fingerprint density at radius 1 is 1.32 bits per heavy atom. The first kappa shape index (κ1) is 17.3. The Hall–Kier alpha value is -2.54. The molecule has 134 valence electrons. The standard InChI is InChI=1S/C18H24N4O3/c1-13(21-11-15(12-21)22-8-4-7-20-22)18(23)19-10-14-5-6-16(24-2)17(9-14)25-3/h4-9,13,15H,10-12H2,1-3H3,(H,19,23)/t13-/m1/s1. The van der Waals surface area contributed by atoms with E-state index in [0.717, 1.165) is 18.7 Å². The molecular weight excluding hydrogens is 320 g/mol. The number of methoxy groups -OCH3 is 2. The molecule has 2 heterocycles. The summed E-state index contributed by atoms with van der Waals surface area (Å²) in [7, 11) is 3.20. The van der Waals surface area contributed by atoms with Crippen LogP contribution in [0.3, 0.4) is 0 Å². The van der Waals surface area contributed by atoms with Crippen LogP contribution < -0.4 is 14.8 Å². The van der Waals surface area contributed by atoms with Crippen molar-refractivity contribution in [3.05, 3.63) is 42.2 Å². The van der Waals surface area contributed by atoms with E-state index in [-0.39, 0.29) is 11.9 Å². The number of nitrogens with zero attached hydrogens (tertiary/aromatic N) is 3. The summed E-state index contributed by atoms with van der Waals surface area (Å²) < 4.78 is 12.5. The van der Waals surface area contributed by atoms with Gasteiger partial charge in [-0.1, -0.05) is 6.07 Å². The Kier molecular flexibility index (Phi) is 5.23. The van der Waals surface area contributed by atoms with Gasteiger partial charge in [-0.2, -0.15) is 5.10 Å². The maximum absolute atomic E-state index is 12.4. The molecule has 0 saturated carbocycles. The second-order valence-corrected chi connectivity index (χ2v) is 6.18. The molecule has 1 aliphatic heterocycles. The van der Waals surface area contributed by atoms with Gasteiger partial charge in [-0.25, -0.2) is 0 Å². The highest BCUT2D eigenvalue weighted by atomic mass is 16.5. The minimum atomic E-state index is -0.160. The molecular formula is C18H24N4O3.